The minimum Gasteiger partial charge on any atom is -0.383 e. The van der Waals surface area contributed by atoms with E-state index >= 15 is 0 Å². The van der Waals surface area contributed by atoms with Crippen molar-refractivity contribution in [1.82, 2.24) is 5.32 Å². The number of nitrogens with one attached hydrogen (secondary N) is 2. The third-order valence-electron chi connectivity index (χ3n) is 3.57. The first kappa shape index (κ1) is 15.5. The van der Waals surface area contributed by atoms with Gasteiger partial charge in [-0.05, 0) is 30.5 Å². The highest BCUT2D eigenvalue weighted by molar-refractivity contribution is 5.93. The fraction of sp³-hybridized carbons (Fsp3) is 0.467. The molecule has 1 aromatic carbocycles. The second-order valence-electron chi connectivity index (χ2n) is 5.26. The number of benzene rings is 1. The maximum Gasteiger partial charge on any atom is 0.239 e. The molecule has 21 heavy (non-hydrogen) atoms. The Hall–Kier alpha value is -1.92. The van der Waals surface area contributed by atoms with E-state index in [1.807, 2.05) is 25.1 Å². The molecule has 2 amide bonds. The molecule has 0 radical (unpaired) electrons. The fourth-order valence-electron chi connectivity index (χ4n) is 2.33. The lowest BCUT2D eigenvalue weighted by atomic mass is 9.97. The highest BCUT2D eigenvalue weighted by Crippen LogP contribution is 2.26. The van der Waals surface area contributed by atoms with E-state index in [-0.39, 0.29) is 24.5 Å². The van der Waals surface area contributed by atoms with Crippen molar-refractivity contribution >= 4 is 17.5 Å². The van der Waals surface area contributed by atoms with Crippen LogP contribution < -0.4 is 16.4 Å². The summed E-state index contributed by atoms with van der Waals surface area (Å²) < 4.78 is 4.87. The van der Waals surface area contributed by atoms with E-state index < -0.39 is 6.04 Å². The Balaban J connectivity index is 2.04. The van der Waals surface area contributed by atoms with Gasteiger partial charge in [-0.25, -0.2) is 0 Å². The summed E-state index contributed by atoms with van der Waals surface area (Å²) in [6.45, 7) is 2.09. The zero-order valence-electron chi connectivity index (χ0n) is 12.3. The number of rotatable bonds is 5. The van der Waals surface area contributed by atoms with Crippen molar-refractivity contribution in [3.8, 4) is 0 Å². The molecule has 0 aliphatic carbocycles. The quantitative estimate of drug-likeness (QED) is 0.745. The van der Waals surface area contributed by atoms with Gasteiger partial charge in [0.15, 0.2) is 0 Å². The van der Waals surface area contributed by atoms with E-state index in [2.05, 4.69) is 10.6 Å². The average molecular weight is 291 g/mol. The number of anilines is 1. The summed E-state index contributed by atoms with van der Waals surface area (Å²) in [6, 6.07) is 4.97. The molecule has 2 rings (SSSR count). The Morgan fingerprint density at radius 3 is 2.95 bits per heavy atom. The van der Waals surface area contributed by atoms with Gasteiger partial charge in [-0.2, -0.15) is 0 Å². The standard InChI is InChI=1S/C15H21N3O3/c1-9(17-15(20)12(16)8-21-2)10-3-5-13-11(7-10)4-6-14(19)18-13/h3,5,7,9,12H,4,6,8,16H2,1-2H3,(H,17,20)(H,18,19). The van der Waals surface area contributed by atoms with Gasteiger partial charge in [-0.15, -0.1) is 0 Å². The van der Waals surface area contributed by atoms with Crippen LogP contribution in [0.1, 0.15) is 30.5 Å². The third kappa shape index (κ3) is 3.80. The lowest BCUT2D eigenvalue weighted by Crippen LogP contribution is -2.44. The van der Waals surface area contributed by atoms with Gasteiger partial charge >= 0.3 is 0 Å². The number of carbonyl (C=O) groups excluding carboxylic acids is 2. The fourth-order valence-corrected chi connectivity index (χ4v) is 2.33. The average Bonchev–Trinajstić information content (AvgIpc) is 2.46. The van der Waals surface area contributed by atoms with Crippen LogP contribution in [0.2, 0.25) is 0 Å². The predicted octanol–water partition coefficient (Wildman–Crippen LogP) is 0.722. The van der Waals surface area contributed by atoms with Crippen LogP contribution in [-0.2, 0) is 20.7 Å². The molecule has 1 heterocycles. The number of aryl methyl sites for hydroxylation is 1. The SMILES string of the molecule is COCC(N)C(=O)NC(C)c1ccc2c(c1)CCC(=O)N2. The lowest BCUT2D eigenvalue weighted by Gasteiger charge is -2.21. The van der Waals surface area contributed by atoms with Gasteiger partial charge in [-0.1, -0.05) is 12.1 Å². The van der Waals surface area contributed by atoms with Gasteiger partial charge in [-0.3, -0.25) is 9.59 Å². The molecule has 2 unspecified atom stereocenters. The highest BCUT2D eigenvalue weighted by Gasteiger charge is 2.19. The smallest absolute Gasteiger partial charge is 0.239 e. The number of nitrogens with two attached hydrogens (primary N) is 1. The van der Waals surface area contributed by atoms with Crippen LogP contribution in [0.25, 0.3) is 0 Å². The van der Waals surface area contributed by atoms with Crippen molar-refractivity contribution < 1.29 is 14.3 Å². The Morgan fingerprint density at radius 1 is 1.48 bits per heavy atom. The molecule has 1 aliphatic rings. The van der Waals surface area contributed by atoms with Gasteiger partial charge in [0.2, 0.25) is 11.8 Å². The number of amides is 2. The molecule has 0 bridgehead atoms. The van der Waals surface area contributed by atoms with Crippen molar-refractivity contribution in [2.24, 2.45) is 5.73 Å². The second-order valence-corrected chi connectivity index (χ2v) is 5.26. The minimum atomic E-state index is -0.672. The van der Waals surface area contributed by atoms with E-state index in [0.717, 1.165) is 23.2 Å². The van der Waals surface area contributed by atoms with Crippen LogP contribution in [0, 0.1) is 0 Å². The molecule has 0 spiro atoms. The van der Waals surface area contributed by atoms with Crippen molar-refractivity contribution in [2.75, 3.05) is 19.0 Å². The summed E-state index contributed by atoms with van der Waals surface area (Å²) in [5.74, 6) is -0.197. The van der Waals surface area contributed by atoms with Gasteiger partial charge in [0.05, 0.1) is 12.6 Å². The lowest BCUT2D eigenvalue weighted by molar-refractivity contribution is -0.124. The molecule has 1 aromatic rings. The Labute approximate surface area is 124 Å². The first-order chi connectivity index (χ1) is 10.0. The Kier molecular flexibility index (Phi) is 4.93. The topological polar surface area (TPSA) is 93.4 Å². The van der Waals surface area contributed by atoms with Crippen LogP contribution in [0.3, 0.4) is 0 Å². The van der Waals surface area contributed by atoms with Crippen molar-refractivity contribution in [1.29, 1.82) is 0 Å². The molecule has 0 aromatic heterocycles. The van der Waals surface area contributed by atoms with Gasteiger partial charge in [0, 0.05) is 19.2 Å². The summed E-state index contributed by atoms with van der Waals surface area (Å²) >= 11 is 0. The normalized spacial score (nSPS) is 16.6. The summed E-state index contributed by atoms with van der Waals surface area (Å²) in [4.78, 5) is 23.2. The molecule has 1 aliphatic heterocycles. The summed E-state index contributed by atoms with van der Waals surface area (Å²) in [5.41, 5.74) is 8.63. The van der Waals surface area contributed by atoms with Crippen LogP contribution in [-0.4, -0.2) is 31.6 Å². The molecule has 114 valence electrons. The maximum absolute atomic E-state index is 11.9. The number of ether oxygens (including phenoxy) is 1. The molecule has 4 N–H and O–H groups in total. The number of fused-ring (bicyclic) bond motifs is 1. The molecule has 6 heteroatoms. The number of hydrogen-bond donors (Lipinski definition) is 3. The molecule has 0 fully saturated rings. The van der Waals surface area contributed by atoms with Gasteiger partial charge in [0.1, 0.15) is 6.04 Å². The van der Waals surface area contributed by atoms with E-state index in [0.29, 0.717) is 6.42 Å². The van der Waals surface area contributed by atoms with Crippen LogP contribution in [0.15, 0.2) is 18.2 Å². The number of hydrogen-bond acceptors (Lipinski definition) is 4. The van der Waals surface area contributed by atoms with E-state index in [4.69, 9.17) is 10.5 Å². The molecule has 0 saturated carbocycles. The summed E-state index contributed by atoms with van der Waals surface area (Å²) in [5, 5.41) is 5.70. The zero-order chi connectivity index (χ0) is 15.4. The third-order valence-corrected chi connectivity index (χ3v) is 3.57. The Bertz CT molecular complexity index is 545. The van der Waals surface area contributed by atoms with Crippen LogP contribution in [0.5, 0.6) is 0 Å². The minimum absolute atomic E-state index is 0.0436. The largest absolute Gasteiger partial charge is 0.383 e. The number of methoxy groups -OCH3 is 1. The van der Waals surface area contributed by atoms with Crippen LogP contribution in [0.4, 0.5) is 5.69 Å². The predicted molar refractivity (Wildman–Crippen MR) is 79.8 cm³/mol. The monoisotopic (exact) mass is 291 g/mol. The summed E-state index contributed by atoms with van der Waals surface area (Å²) in [7, 11) is 1.51. The van der Waals surface area contributed by atoms with E-state index in [9.17, 15) is 9.59 Å². The van der Waals surface area contributed by atoms with Crippen molar-refractivity contribution in [3.63, 3.8) is 0 Å². The second kappa shape index (κ2) is 6.69. The van der Waals surface area contributed by atoms with E-state index in [1.54, 1.807) is 0 Å². The summed E-state index contributed by atoms with van der Waals surface area (Å²) in [6.07, 6.45) is 1.22. The molecule has 6 nitrogen and oxygen atoms in total. The van der Waals surface area contributed by atoms with Gasteiger partial charge < -0.3 is 21.1 Å². The number of carbonyl (C=O) groups is 2. The Morgan fingerprint density at radius 2 is 2.24 bits per heavy atom. The maximum atomic E-state index is 11.9. The highest BCUT2D eigenvalue weighted by atomic mass is 16.5. The molecule has 2 atom stereocenters. The zero-order valence-corrected chi connectivity index (χ0v) is 12.3. The van der Waals surface area contributed by atoms with Crippen molar-refractivity contribution in [2.45, 2.75) is 31.8 Å². The molecular weight excluding hydrogens is 270 g/mol. The van der Waals surface area contributed by atoms with Crippen LogP contribution >= 0.6 is 0 Å². The first-order valence-electron chi connectivity index (χ1n) is 6.99. The molecule has 0 saturated heterocycles. The molecular formula is C15H21N3O3. The van der Waals surface area contributed by atoms with E-state index in [1.165, 1.54) is 7.11 Å². The van der Waals surface area contributed by atoms with Gasteiger partial charge in [0.25, 0.3) is 0 Å². The first-order valence-corrected chi connectivity index (χ1v) is 6.99. The van der Waals surface area contributed by atoms with Crippen molar-refractivity contribution in [3.05, 3.63) is 29.3 Å².